The van der Waals surface area contributed by atoms with Crippen molar-refractivity contribution >= 4 is 41.0 Å². The van der Waals surface area contributed by atoms with Gasteiger partial charge < -0.3 is 14.4 Å². The van der Waals surface area contributed by atoms with Gasteiger partial charge in [0.05, 0.1) is 11.3 Å². The summed E-state index contributed by atoms with van der Waals surface area (Å²) in [7, 11) is 1.66. The second kappa shape index (κ2) is 12.3. The van der Waals surface area contributed by atoms with Gasteiger partial charge in [0, 0.05) is 24.2 Å². The highest BCUT2D eigenvalue weighted by atomic mass is 32.2. The summed E-state index contributed by atoms with van der Waals surface area (Å²) in [5.74, 6) is 1.74. The molecule has 0 radical (unpaired) electrons. The average Bonchev–Trinajstić information content (AvgIpc) is 3.19. The van der Waals surface area contributed by atoms with Crippen LogP contribution in [0.4, 0.5) is 11.4 Å². The van der Waals surface area contributed by atoms with Gasteiger partial charge in [0.2, 0.25) is 0 Å². The number of amides is 1. The first-order chi connectivity index (χ1) is 14.7. The Labute approximate surface area is 189 Å². The van der Waals surface area contributed by atoms with Gasteiger partial charge >= 0.3 is 0 Å². The van der Waals surface area contributed by atoms with E-state index in [9.17, 15) is 4.79 Å². The van der Waals surface area contributed by atoms with E-state index in [1.807, 2.05) is 40.9 Å². The van der Waals surface area contributed by atoms with Crippen LogP contribution in [0.3, 0.4) is 0 Å². The standard InChI is InChI=1S/C24H32N2O2S2/c1-3-4-5-6-9-16-29-20-12-13-23-19(17-20)14-15-26(23)24(27)21-10-7-8-11-22(21)25-30-18-28-2/h7-8,10-13,17,25H,3-6,9,14-16,18H2,1-2H3. The van der Waals surface area contributed by atoms with Crippen LogP contribution in [0.25, 0.3) is 0 Å². The average molecular weight is 445 g/mol. The minimum Gasteiger partial charge on any atom is -0.372 e. The van der Waals surface area contributed by atoms with Gasteiger partial charge in [-0.25, -0.2) is 0 Å². The number of methoxy groups -OCH3 is 1. The van der Waals surface area contributed by atoms with Gasteiger partial charge in [0.15, 0.2) is 0 Å². The number of hydrogen-bond acceptors (Lipinski definition) is 5. The van der Waals surface area contributed by atoms with E-state index in [1.165, 1.54) is 60.3 Å². The molecule has 2 aromatic carbocycles. The predicted octanol–water partition coefficient (Wildman–Crippen LogP) is 6.62. The van der Waals surface area contributed by atoms with Gasteiger partial charge in [0.25, 0.3) is 5.91 Å². The minimum atomic E-state index is 0.0474. The molecule has 4 nitrogen and oxygen atoms in total. The molecule has 1 N–H and O–H groups in total. The van der Waals surface area contributed by atoms with Gasteiger partial charge in [-0.1, -0.05) is 44.7 Å². The Morgan fingerprint density at radius 2 is 1.97 bits per heavy atom. The van der Waals surface area contributed by atoms with Crippen LogP contribution in [-0.4, -0.2) is 31.3 Å². The number of para-hydroxylation sites is 1. The highest BCUT2D eigenvalue weighted by Gasteiger charge is 2.27. The summed E-state index contributed by atoms with van der Waals surface area (Å²) in [5, 5.41) is 0. The van der Waals surface area contributed by atoms with Crippen LogP contribution in [0.1, 0.15) is 54.9 Å². The number of benzene rings is 2. The maximum absolute atomic E-state index is 13.3. The third-order valence-corrected chi connectivity index (χ3v) is 7.02. The largest absolute Gasteiger partial charge is 0.372 e. The second-order valence-corrected chi connectivity index (χ2v) is 9.36. The molecule has 0 saturated carbocycles. The number of carbonyl (C=O) groups excluding carboxylic acids is 1. The van der Waals surface area contributed by atoms with Crippen LogP contribution in [0.15, 0.2) is 47.4 Å². The summed E-state index contributed by atoms with van der Waals surface area (Å²) >= 11 is 3.37. The Morgan fingerprint density at radius 1 is 1.13 bits per heavy atom. The molecule has 3 rings (SSSR count). The lowest BCUT2D eigenvalue weighted by Gasteiger charge is -2.20. The number of nitrogens with one attached hydrogen (secondary N) is 1. The van der Waals surface area contributed by atoms with Crippen molar-refractivity contribution in [3.63, 3.8) is 0 Å². The molecule has 1 amide bonds. The molecule has 0 atom stereocenters. The third-order valence-electron chi connectivity index (χ3n) is 5.22. The van der Waals surface area contributed by atoms with E-state index < -0.39 is 0 Å². The van der Waals surface area contributed by atoms with E-state index in [0.29, 0.717) is 11.5 Å². The van der Waals surface area contributed by atoms with Crippen molar-refractivity contribution in [2.45, 2.75) is 50.3 Å². The first-order valence-corrected chi connectivity index (χ1v) is 12.7. The monoisotopic (exact) mass is 444 g/mol. The molecule has 0 spiro atoms. The van der Waals surface area contributed by atoms with Crippen molar-refractivity contribution in [2.24, 2.45) is 0 Å². The van der Waals surface area contributed by atoms with Crippen molar-refractivity contribution in [3.05, 3.63) is 53.6 Å². The Balaban J connectivity index is 1.62. The molecule has 162 valence electrons. The maximum Gasteiger partial charge on any atom is 0.260 e. The highest BCUT2D eigenvalue weighted by Crippen LogP contribution is 2.34. The van der Waals surface area contributed by atoms with Crippen molar-refractivity contribution in [3.8, 4) is 0 Å². The molecule has 0 aromatic heterocycles. The molecule has 0 bridgehead atoms. The molecular formula is C24H32N2O2S2. The smallest absolute Gasteiger partial charge is 0.260 e. The van der Waals surface area contributed by atoms with Crippen LogP contribution in [0.2, 0.25) is 0 Å². The van der Waals surface area contributed by atoms with E-state index in [2.05, 4.69) is 29.8 Å². The molecule has 0 fully saturated rings. The molecule has 0 aliphatic carbocycles. The molecule has 6 heteroatoms. The van der Waals surface area contributed by atoms with E-state index in [1.54, 1.807) is 7.11 Å². The topological polar surface area (TPSA) is 41.6 Å². The van der Waals surface area contributed by atoms with Crippen molar-refractivity contribution in [1.82, 2.24) is 0 Å². The number of thioether (sulfide) groups is 1. The number of anilines is 2. The maximum atomic E-state index is 13.3. The van der Waals surface area contributed by atoms with Crippen LogP contribution < -0.4 is 9.62 Å². The predicted molar refractivity (Wildman–Crippen MR) is 131 cm³/mol. The molecule has 1 aliphatic heterocycles. The lowest BCUT2D eigenvalue weighted by atomic mass is 10.1. The van der Waals surface area contributed by atoms with E-state index in [-0.39, 0.29) is 5.91 Å². The number of nitrogens with zero attached hydrogens (tertiary/aromatic N) is 1. The number of hydrogen-bond donors (Lipinski definition) is 1. The van der Waals surface area contributed by atoms with Crippen molar-refractivity contribution in [2.75, 3.05) is 35.0 Å². The molecule has 30 heavy (non-hydrogen) atoms. The zero-order chi connectivity index (χ0) is 21.2. The SMILES string of the molecule is CCCCCCCSc1ccc2c(c1)CCN2C(=O)c1ccccc1NSCOC. The van der Waals surface area contributed by atoms with E-state index in [4.69, 9.17) is 4.74 Å². The summed E-state index contributed by atoms with van der Waals surface area (Å²) in [4.78, 5) is 16.5. The Hall–Kier alpha value is -1.63. The molecule has 0 saturated heterocycles. The fourth-order valence-electron chi connectivity index (χ4n) is 3.64. The third kappa shape index (κ3) is 6.19. The van der Waals surface area contributed by atoms with E-state index in [0.717, 1.165) is 24.3 Å². The number of ether oxygens (including phenoxy) is 1. The number of rotatable bonds is 12. The van der Waals surface area contributed by atoms with E-state index >= 15 is 0 Å². The van der Waals surface area contributed by atoms with Crippen molar-refractivity contribution < 1.29 is 9.53 Å². The summed E-state index contributed by atoms with van der Waals surface area (Å²) < 4.78 is 8.31. The highest BCUT2D eigenvalue weighted by molar-refractivity contribution is 8.00. The summed E-state index contributed by atoms with van der Waals surface area (Å²) in [6, 6.07) is 14.2. The second-order valence-electron chi connectivity index (χ2n) is 7.46. The van der Waals surface area contributed by atoms with Crippen LogP contribution in [0, 0.1) is 0 Å². The molecular weight excluding hydrogens is 412 g/mol. The van der Waals surface area contributed by atoms with Gasteiger partial charge in [-0.15, -0.1) is 11.8 Å². The number of fused-ring (bicyclic) bond motifs is 1. The minimum absolute atomic E-state index is 0.0474. The first-order valence-electron chi connectivity index (χ1n) is 10.8. The Kier molecular flexibility index (Phi) is 9.43. The number of carbonyl (C=O) groups is 1. The van der Waals surface area contributed by atoms with Crippen molar-refractivity contribution in [1.29, 1.82) is 0 Å². The van der Waals surface area contributed by atoms with Crippen LogP contribution in [0.5, 0.6) is 0 Å². The normalized spacial score (nSPS) is 12.8. The Morgan fingerprint density at radius 3 is 2.80 bits per heavy atom. The van der Waals surface area contributed by atoms with Gasteiger partial charge in [0.1, 0.15) is 5.94 Å². The summed E-state index contributed by atoms with van der Waals surface area (Å²) in [6.07, 6.45) is 7.50. The first kappa shape index (κ1) is 23.0. The van der Waals surface area contributed by atoms with Gasteiger partial charge in [-0.3, -0.25) is 4.79 Å². The van der Waals surface area contributed by atoms with Gasteiger partial charge in [-0.2, -0.15) is 0 Å². The fourth-order valence-corrected chi connectivity index (χ4v) is 5.13. The lowest BCUT2D eigenvalue weighted by Crippen LogP contribution is -2.29. The zero-order valence-corrected chi connectivity index (χ0v) is 19.6. The molecule has 0 unspecified atom stereocenters. The fraction of sp³-hybridized carbons (Fsp3) is 0.458. The lowest BCUT2D eigenvalue weighted by molar-refractivity contribution is 0.0990. The van der Waals surface area contributed by atoms with Gasteiger partial charge in [-0.05, 0) is 66.4 Å². The molecule has 1 heterocycles. The molecule has 2 aromatic rings. The Bertz CT molecular complexity index is 829. The van der Waals surface area contributed by atoms with Crippen LogP contribution in [-0.2, 0) is 11.2 Å². The van der Waals surface area contributed by atoms with Crippen LogP contribution >= 0.6 is 23.7 Å². The zero-order valence-electron chi connectivity index (χ0n) is 18.0. The summed E-state index contributed by atoms with van der Waals surface area (Å²) in [5.41, 5.74) is 3.85. The summed E-state index contributed by atoms with van der Waals surface area (Å²) in [6.45, 7) is 2.99. The molecule has 1 aliphatic rings. The quantitative estimate of drug-likeness (QED) is 0.172. The number of unbranched alkanes of at least 4 members (excludes halogenated alkanes) is 4.